The number of fused-ring (bicyclic) bond motifs is 1. The van der Waals surface area contributed by atoms with Crippen LogP contribution in [0.1, 0.15) is 12.5 Å². The van der Waals surface area contributed by atoms with E-state index in [2.05, 4.69) is 0 Å². The van der Waals surface area contributed by atoms with E-state index < -0.39 is 182 Å². The highest BCUT2D eigenvalue weighted by molar-refractivity contribution is 5.88. The molecule has 410 valence electrons. The van der Waals surface area contributed by atoms with Crippen molar-refractivity contribution in [2.24, 2.45) is 0 Å². The van der Waals surface area contributed by atoms with Gasteiger partial charge in [0.1, 0.15) is 119 Å². The standard InChI is InChI=1S/C48H56O27/c1-17-30(56)41(73-46-37(63)35(61)31(57)25(14-49)69-46)39(65)45(67-17)66-16-27-33(59)42(74-47-38(64)36(62)32(58)26(15-50)70-47)44(72-28(55)11-4-18-2-7-20(51)8-3-18)48(71-27)75-43-34(60)29-23(54)12-22(53)13-24(29)68-40(43)19-5-9-21(52)10-6-19/h2-13,17,25-27,30-33,35-39,41-42,44-54,56-59,61-65H,14-16H2,1H3/b11-4+/t17-,25+,26+,27+,30-,31+,32+,33+,35-,36-,37+,38+,39+,41+,42-,44+,45+,46-,47-,48-/m0/s1. The average molecular weight is 1060 g/mol. The number of benzene rings is 3. The van der Waals surface area contributed by atoms with Crippen LogP contribution in [0, 0.1) is 0 Å². The summed E-state index contributed by atoms with van der Waals surface area (Å²) in [6.07, 6.45) is -35.6. The van der Waals surface area contributed by atoms with Crippen molar-refractivity contribution < 1.29 is 128 Å². The van der Waals surface area contributed by atoms with E-state index in [9.17, 15) is 86.2 Å². The van der Waals surface area contributed by atoms with Crippen molar-refractivity contribution >= 4 is 23.0 Å². The van der Waals surface area contributed by atoms with Crippen molar-refractivity contribution in [2.45, 2.75) is 130 Å². The van der Waals surface area contributed by atoms with Crippen LogP contribution in [0.3, 0.4) is 0 Å². The van der Waals surface area contributed by atoms with Crippen LogP contribution in [0.5, 0.6) is 28.7 Å². The van der Waals surface area contributed by atoms with Gasteiger partial charge in [0, 0.05) is 23.8 Å². The fraction of sp³-hybridized carbons (Fsp3) is 0.500. The molecule has 15 N–H and O–H groups in total. The normalized spacial score (nSPS) is 36.4. The molecule has 0 spiro atoms. The molecule has 0 unspecified atom stereocenters. The van der Waals surface area contributed by atoms with Gasteiger partial charge in [0.2, 0.25) is 17.5 Å². The summed E-state index contributed by atoms with van der Waals surface area (Å²) in [6, 6.07) is 12.3. The van der Waals surface area contributed by atoms with E-state index in [1.807, 2.05) is 0 Å². The summed E-state index contributed by atoms with van der Waals surface area (Å²) < 4.78 is 58.8. The van der Waals surface area contributed by atoms with E-state index in [1.165, 1.54) is 61.5 Å². The summed E-state index contributed by atoms with van der Waals surface area (Å²) in [5.41, 5.74) is -1.11. The molecule has 27 nitrogen and oxygen atoms in total. The van der Waals surface area contributed by atoms with Gasteiger partial charge in [0.25, 0.3) is 0 Å². The predicted molar refractivity (Wildman–Crippen MR) is 245 cm³/mol. The minimum Gasteiger partial charge on any atom is -0.508 e. The maximum Gasteiger partial charge on any atom is 0.331 e. The molecular weight excluding hydrogens is 1010 g/mol. The summed E-state index contributed by atoms with van der Waals surface area (Å²) in [7, 11) is 0. The molecule has 4 aromatic rings. The first-order valence-electron chi connectivity index (χ1n) is 23.2. The number of ether oxygens (including phenoxy) is 9. The zero-order valence-electron chi connectivity index (χ0n) is 39.2. The quantitative estimate of drug-likeness (QED) is 0.0401. The Labute approximate surface area is 422 Å². The Morgan fingerprint density at radius 1 is 0.587 bits per heavy atom. The monoisotopic (exact) mass is 1060 g/mol. The van der Waals surface area contributed by atoms with Gasteiger partial charge in [0.05, 0.1) is 25.9 Å². The van der Waals surface area contributed by atoms with Crippen LogP contribution in [-0.2, 0) is 42.7 Å². The number of aromatic hydroxyl groups is 4. The molecule has 0 saturated carbocycles. The number of hydrogen-bond acceptors (Lipinski definition) is 27. The Hall–Kier alpha value is -5.64. The van der Waals surface area contributed by atoms with Gasteiger partial charge in [-0.25, -0.2) is 4.79 Å². The Morgan fingerprint density at radius 2 is 1.15 bits per heavy atom. The fourth-order valence-corrected chi connectivity index (χ4v) is 8.78. The van der Waals surface area contributed by atoms with Gasteiger partial charge in [-0.15, -0.1) is 0 Å². The second-order valence-electron chi connectivity index (χ2n) is 18.1. The first kappa shape index (κ1) is 55.6. The molecule has 20 atom stereocenters. The van der Waals surface area contributed by atoms with Gasteiger partial charge >= 0.3 is 5.97 Å². The molecule has 3 aromatic carbocycles. The van der Waals surface area contributed by atoms with Gasteiger partial charge in [-0.2, -0.15) is 0 Å². The van der Waals surface area contributed by atoms with E-state index in [4.69, 9.17) is 47.0 Å². The molecule has 1 aromatic heterocycles. The number of carbonyl (C=O) groups is 1. The summed E-state index contributed by atoms with van der Waals surface area (Å²) in [4.78, 5) is 28.4. The Kier molecular flexibility index (Phi) is 17.3. The van der Waals surface area contributed by atoms with Crippen molar-refractivity contribution in [1.82, 2.24) is 0 Å². The lowest BCUT2D eigenvalue weighted by Gasteiger charge is -2.47. The number of aliphatic hydroxyl groups excluding tert-OH is 11. The van der Waals surface area contributed by atoms with Crippen molar-refractivity contribution in [3.8, 4) is 40.1 Å². The molecular formula is C48H56O27. The highest BCUT2D eigenvalue weighted by atomic mass is 16.8. The zero-order chi connectivity index (χ0) is 54.2. The van der Waals surface area contributed by atoms with Gasteiger partial charge < -0.3 is 124 Å². The lowest BCUT2D eigenvalue weighted by molar-refractivity contribution is -0.368. The van der Waals surface area contributed by atoms with Gasteiger partial charge in [-0.1, -0.05) is 12.1 Å². The summed E-state index contributed by atoms with van der Waals surface area (Å²) in [6.45, 7) is -1.36. The molecule has 27 heteroatoms. The Bertz CT molecular complexity index is 2660. The zero-order valence-corrected chi connectivity index (χ0v) is 39.2. The first-order valence-corrected chi connectivity index (χ1v) is 23.2. The van der Waals surface area contributed by atoms with Crippen molar-refractivity contribution in [1.29, 1.82) is 0 Å². The highest BCUT2D eigenvalue weighted by Crippen LogP contribution is 2.40. The third-order valence-electron chi connectivity index (χ3n) is 12.9. The number of rotatable bonds is 15. The van der Waals surface area contributed by atoms with Crippen LogP contribution in [-0.4, -0.2) is 225 Å². The van der Waals surface area contributed by atoms with Crippen LogP contribution >= 0.6 is 0 Å². The molecule has 4 saturated heterocycles. The second kappa shape index (κ2) is 23.3. The van der Waals surface area contributed by atoms with Crippen LogP contribution < -0.4 is 10.2 Å². The topological polar surface area (TPSA) is 434 Å². The maximum atomic E-state index is 14.6. The molecule has 0 radical (unpaired) electrons. The molecule has 5 heterocycles. The Balaban J connectivity index is 1.18. The highest BCUT2D eigenvalue weighted by Gasteiger charge is 2.55. The predicted octanol–water partition coefficient (Wildman–Crippen LogP) is -3.77. The molecule has 8 rings (SSSR count). The van der Waals surface area contributed by atoms with Crippen LogP contribution in [0.4, 0.5) is 0 Å². The molecule has 4 aliphatic heterocycles. The summed E-state index contributed by atoms with van der Waals surface area (Å²) in [5, 5.41) is 159. The molecule has 4 aliphatic rings. The molecule has 0 amide bonds. The third kappa shape index (κ3) is 11.7. The lowest BCUT2D eigenvalue weighted by Crippen LogP contribution is -2.66. The number of esters is 1. The second-order valence-corrected chi connectivity index (χ2v) is 18.1. The van der Waals surface area contributed by atoms with Gasteiger partial charge in [-0.05, 0) is 55.0 Å². The lowest BCUT2D eigenvalue weighted by atomic mass is 9.96. The number of carbonyl (C=O) groups excluding carboxylic acids is 1. The van der Waals surface area contributed by atoms with Crippen molar-refractivity contribution in [3.63, 3.8) is 0 Å². The number of phenolic OH excluding ortho intramolecular Hbond substituents is 4. The SMILES string of the molecule is C[C@@H]1O[C@@H](OC[C@H]2O[C@@H](Oc3c(-c4ccc(O)cc4)oc4cc(O)cc(O)c4c3=O)[C@H](OC(=O)/C=C/c3ccc(O)cc3)[C@@H](O[C@@H]3O[C@H](CO)[C@@H](O)[C@H](O)[C@H]3O)[C@@H]2O)[C@H](O)[C@H](O[C@@H]2O[C@H](CO)[C@@H](O)[C@H](O)[C@H]2O)[C@H]1O. The van der Waals surface area contributed by atoms with E-state index in [-0.39, 0.29) is 22.6 Å². The maximum absolute atomic E-state index is 14.6. The van der Waals surface area contributed by atoms with E-state index >= 15 is 0 Å². The minimum absolute atomic E-state index is 0.0279. The number of aliphatic hydroxyl groups is 11. The van der Waals surface area contributed by atoms with Crippen LogP contribution in [0.25, 0.3) is 28.4 Å². The van der Waals surface area contributed by atoms with Crippen LogP contribution in [0.2, 0.25) is 0 Å². The smallest absolute Gasteiger partial charge is 0.331 e. The molecule has 4 fully saturated rings. The number of hydrogen-bond donors (Lipinski definition) is 15. The van der Waals surface area contributed by atoms with Crippen molar-refractivity contribution in [2.75, 3.05) is 19.8 Å². The summed E-state index contributed by atoms with van der Waals surface area (Å²) >= 11 is 0. The van der Waals surface area contributed by atoms with Crippen LogP contribution in [0.15, 0.2) is 76.0 Å². The van der Waals surface area contributed by atoms with Gasteiger partial charge in [-0.3, -0.25) is 4.79 Å². The fourth-order valence-electron chi connectivity index (χ4n) is 8.78. The van der Waals surface area contributed by atoms with Gasteiger partial charge in [0.15, 0.2) is 30.7 Å². The van der Waals surface area contributed by atoms with E-state index in [0.29, 0.717) is 5.56 Å². The summed E-state index contributed by atoms with van der Waals surface area (Å²) in [5.74, 6) is -4.10. The van der Waals surface area contributed by atoms with Crippen molar-refractivity contribution in [3.05, 3.63) is 82.5 Å². The first-order chi connectivity index (χ1) is 35.7. The Morgan fingerprint density at radius 3 is 1.73 bits per heavy atom. The minimum atomic E-state index is -2.21. The largest absolute Gasteiger partial charge is 0.508 e. The third-order valence-corrected chi connectivity index (χ3v) is 12.9. The van der Waals surface area contributed by atoms with E-state index in [0.717, 1.165) is 18.2 Å². The molecule has 75 heavy (non-hydrogen) atoms. The van der Waals surface area contributed by atoms with E-state index in [1.54, 1.807) is 0 Å². The molecule has 0 aliphatic carbocycles. The average Bonchev–Trinajstić information content (AvgIpc) is 3.38. The number of phenols is 4. The molecule has 0 bridgehead atoms.